The molecule has 0 saturated heterocycles. The van der Waals surface area contributed by atoms with Crippen LogP contribution in [0.5, 0.6) is 17.2 Å². The molecule has 0 fully saturated rings. The average molecular weight is 421 g/mol. The number of rotatable bonds is 6. The van der Waals surface area contributed by atoms with Gasteiger partial charge in [0.15, 0.2) is 5.78 Å². The van der Waals surface area contributed by atoms with E-state index in [1.54, 1.807) is 14.2 Å². The largest absolute Gasteiger partial charge is 0.497 e. The molecule has 31 heavy (non-hydrogen) atoms. The molecular weight excluding hydrogens is 394 g/mol. The van der Waals surface area contributed by atoms with Gasteiger partial charge in [-0.15, -0.1) is 0 Å². The molecule has 162 valence electrons. The van der Waals surface area contributed by atoms with Crippen LogP contribution in [0, 0.1) is 0 Å². The second kappa shape index (κ2) is 8.84. The molecule has 0 radical (unpaired) electrons. The van der Waals surface area contributed by atoms with E-state index in [0.717, 1.165) is 16.9 Å². The van der Waals surface area contributed by atoms with Crippen LogP contribution in [-0.2, 0) is 9.59 Å². The SMILES string of the molecule is CCOc1cccc([C@@H]2CC(=O)NC3=C2C(=O)C[C@H](c2cc(OC)ccc2OC)C3)c1. The third kappa shape index (κ3) is 4.15. The molecule has 6 nitrogen and oxygen atoms in total. The highest BCUT2D eigenvalue weighted by molar-refractivity contribution is 6.02. The Balaban J connectivity index is 1.71. The summed E-state index contributed by atoms with van der Waals surface area (Å²) in [5, 5.41) is 2.97. The molecule has 2 atom stereocenters. The van der Waals surface area contributed by atoms with Crippen LogP contribution in [0.15, 0.2) is 53.7 Å². The number of hydrogen-bond donors (Lipinski definition) is 1. The lowest BCUT2D eigenvalue weighted by atomic mass is 9.73. The summed E-state index contributed by atoms with van der Waals surface area (Å²) in [5.74, 6) is 1.80. The van der Waals surface area contributed by atoms with E-state index in [-0.39, 0.29) is 29.9 Å². The Hall–Kier alpha value is -3.28. The van der Waals surface area contributed by atoms with Crippen LogP contribution in [-0.4, -0.2) is 32.5 Å². The first kappa shape index (κ1) is 21.0. The van der Waals surface area contributed by atoms with Gasteiger partial charge in [-0.05, 0) is 49.2 Å². The van der Waals surface area contributed by atoms with Gasteiger partial charge in [0.25, 0.3) is 0 Å². The minimum atomic E-state index is -0.259. The zero-order chi connectivity index (χ0) is 22.0. The van der Waals surface area contributed by atoms with Gasteiger partial charge in [0.05, 0.1) is 20.8 Å². The predicted octanol–water partition coefficient (Wildman–Crippen LogP) is 4.11. The van der Waals surface area contributed by atoms with E-state index in [4.69, 9.17) is 14.2 Å². The quantitative estimate of drug-likeness (QED) is 0.760. The van der Waals surface area contributed by atoms with Crippen LogP contribution in [0.25, 0.3) is 0 Å². The van der Waals surface area contributed by atoms with Gasteiger partial charge < -0.3 is 19.5 Å². The van der Waals surface area contributed by atoms with Gasteiger partial charge in [-0.2, -0.15) is 0 Å². The normalized spacial score (nSPS) is 20.7. The third-order valence-electron chi connectivity index (χ3n) is 5.98. The average Bonchev–Trinajstić information content (AvgIpc) is 2.78. The van der Waals surface area contributed by atoms with Crippen molar-refractivity contribution in [2.75, 3.05) is 20.8 Å². The first-order valence-corrected chi connectivity index (χ1v) is 10.5. The fourth-order valence-corrected chi connectivity index (χ4v) is 4.61. The number of ether oxygens (including phenoxy) is 3. The van der Waals surface area contributed by atoms with Gasteiger partial charge in [0, 0.05) is 41.5 Å². The summed E-state index contributed by atoms with van der Waals surface area (Å²) in [6, 6.07) is 13.3. The number of ketones is 1. The van der Waals surface area contributed by atoms with Crippen LogP contribution < -0.4 is 19.5 Å². The first-order valence-electron chi connectivity index (χ1n) is 10.5. The van der Waals surface area contributed by atoms with Crippen molar-refractivity contribution in [2.45, 2.75) is 38.0 Å². The van der Waals surface area contributed by atoms with E-state index >= 15 is 0 Å². The van der Waals surface area contributed by atoms with Gasteiger partial charge in [0.2, 0.25) is 5.91 Å². The topological polar surface area (TPSA) is 73.9 Å². The number of benzene rings is 2. The zero-order valence-electron chi connectivity index (χ0n) is 18.1. The molecule has 1 aliphatic carbocycles. The predicted molar refractivity (Wildman–Crippen MR) is 117 cm³/mol. The van der Waals surface area contributed by atoms with Crippen LogP contribution in [0.3, 0.4) is 0 Å². The maximum Gasteiger partial charge on any atom is 0.225 e. The highest BCUT2D eigenvalue weighted by Gasteiger charge is 2.39. The minimum absolute atomic E-state index is 0.0583. The first-order chi connectivity index (χ1) is 15.0. The van der Waals surface area contributed by atoms with Crippen molar-refractivity contribution < 1.29 is 23.8 Å². The van der Waals surface area contributed by atoms with Crippen LogP contribution >= 0.6 is 0 Å². The van der Waals surface area contributed by atoms with E-state index in [1.165, 1.54) is 0 Å². The Morgan fingerprint density at radius 3 is 2.55 bits per heavy atom. The summed E-state index contributed by atoms with van der Waals surface area (Å²) in [7, 11) is 3.23. The summed E-state index contributed by atoms with van der Waals surface area (Å²) in [4.78, 5) is 25.9. The van der Waals surface area contributed by atoms with Gasteiger partial charge in [0.1, 0.15) is 17.2 Å². The Kier molecular flexibility index (Phi) is 5.98. The Bertz CT molecular complexity index is 1040. The molecule has 2 aromatic rings. The second-order valence-corrected chi connectivity index (χ2v) is 7.84. The number of Topliss-reactive ketones (excluding diaryl/α,β-unsaturated/α-hetero) is 1. The number of allylic oxidation sites excluding steroid dienone is 2. The van der Waals surface area contributed by atoms with E-state index in [0.29, 0.717) is 42.2 Å². The minimum Gasteiger partial charge on any atom is -0.497 e. The van der Waals surface area contributed by atoms with E-state index in [2.05, 4.69) is 5.32 Å². The van der Waals surface area contributed by atoms with Gasteiger partial charge in [-0.3, -0.25) is 9.59 Å². The molecule has 4 rings (SSSR count). The molecule has 0 saturated carbocycles. The lowest BCUT2D eigenvalue weighted by Gasteiger charge is -2.35. The van der Waals surface area contributed by atoms with E-state index in [9.17, 15) is 9.59 Å². The molecule has 0 spiro atoms. The zero-order valence-corrected chi connectivity index (χ0v) is 18.1. The molecule has 2 aliphatic rings. The number of methoxy groups -OCH3 is 2. The van der Waals surface area contributed by atoms with Crippen LogP contribution in [0.1, 0.15) is 49.1 Å². The molecule has 1 amide bonds. The number of carbonyl (C=O) groups is 2. The molecule has 1 aliphatic heterocycles. The fraction of sp³-hybridized carbons (Fsp3) is 0.360. The van der Waals surface area contributed by atoms with Crippen LogP contribution in [0.4, 0.5) is 0 Å². The number of carbonyl (C=O) groups excluding carboxylic acids is 2. The third-order valence-corrected chi connectivity index (χ3v) is 5.98. The molecule has 2 aromatic carbocycles. The summed E-state index contributed by atoms with van der Waals surface area (Å²) < 4.78 is 16.5. The fourth-order valence-electron chi connectivity index (χ4n) is 4.61. The standard InChI is InChI=1S/C25H27NO5/c1-4-31-18-7-5-6-15(10-18)20-14-24(28)26-21-11-16(12-22(27)25(20)21)19-13-17(29-2)8-9-23(19)30-3/h5-10,13,16,20H,4,11-12,14H2,1-3H3,(H,26,28)/t16-,20+/m1/s1. The number of hydrogen-bond acceptors (Lipinski definition) is 5. The maximum absolute atomic E-state index is 13.4. The molecule has 0 aromatic heterocycles. The monoisotopic (exact) mass is 421 g/mol. The van der Waals surface area contributed by atoms with E-state index < -0.39 is 0 Å². The van der Waals surface area contributed by atoms with Crippen molar-refractivity contribution in [1.82, 2.24) is 5.32 Å². The molecule has 0 unspecified atom stereocenters. The lowest BCUT2D eigenvalue weighted by Crippen LogP contribution is -2.38. The maximum atomic E-state index is 13.4. The van der Waals surface area contributed by atoms with Crippen molar-refractivity contribution >= 4 is 11.7 Å². The van der Waals surface area contributed by atoms with Crippen molar-refractivity contribution in [3.8, 4) is 17.2 Å². The molecule has 1 N–H and O–H groups in total. The summed E-state index contributed by atoms with van der Waals surface area (Å²) >= 11 is 0. The molecule has 6 heteroatoms. The summed E-state index contributed by atoms with van der Waals surface area (Å²) in [6.07, 6.45) is 1.19. The van der Waals surface area contributed by atoms with Crippen molar-refractivity contribution in [3.05, 3.63) is 64.9 Å². The van der Waals surface area contributed by atoms with E-state index in [1.807, 2.05) is 49.4 Å². The summed E-state index contributed by atoms with van der Waals surface area (Å²) in [6.45, 7) is 2.49. The van der Waals surface area contributed by atoms with Crippen LogP contribution in [0.2, 0.25) is 0 Å². The lowest BCUT2D eigenvalue weighted by molar-refractivity contribution is -0.122. The number of nitrogens with one attached hydrogen (secondary N) is 1. The Morgan fingerprint density at radius 2 is 1.81 bits per heavy atom. The molecule has 0 bridgehead atoms. The number of amides is 1. The van der Waals surface area contributed by atoms with Crippen molar-refractivity contribution in [1.29, 1.82) is 0 Å². The Morgan fingerprint density at radius 1 is 0.968 bits per heavy atom. The molecular formula is C25H27NO5. The van der Waals surface area contributed by atoms with Crippen molar-refractivity contribution in [3.63, 3.8) is 0 Å². The van der Waals surface area contributed by atoms with Crippen molar-refractivity contribution in [2.24, 2.45) is 0 Å². The molecule has 1 heterocycles. The summed E-state index contributed by atoms with van der Waals surface area (Å²) in [5.41, 5.74) is 3.27. The Labute approximate surface area is 182 Å². The van der Waals surface area contributed by atoms with Gasteiger partial charge in [-0.25, -0.2) is 0 Å². The van der Waals surface area contributed by atoms with Gasteiger partial charge in [-0.1, -0.05) is 12.1 Å². The second-order valence-electron chi connectivity index (χ2n) is 7.84. The smallest absolute Gasteiger partial charge is 0.225 e. The highest BCUT2D eigenvalue weighted by Crippen LogP contribution is 2.45. The highest BCUT2D eigenvalue weighted by atomic mass is 16.5. The van der Waals surface area contributed by atoms with Gasteiger partial charge >= 0.3 is 0 Å².